The van der Waals surface area contributed by atoms with Crippen molar-refractivity contribution in [3.8, 4) is 11.3 Å². The molecule has 0 aliphatic carbocycles. The van der Waals surface area contributed by atoms with Crippen LogP contribution >= 0.6 is 0 Å². The summed E-state index contributed by atoms with van der Waals surface area (Å²) >= 11 is 0. The molecular weight excluding hydrogens is 245 g/mol. The third-order valence-corrected chi connectivity index (χ3v) is 2.36. The first-order valence-corrected chi connectivity index (χ1v) is 5.10. The third-order valence-electron chi connectivity index (χ3n) is 2.36. The Labute approximate surface area is 101 Å². The number of rotatable bonds is 2. The van der Waals surface area contributed by atoms with E-state index in [0.29, 0.717) is 17.3 Å². The zero-order valence-electron chi connectivity index (χ0n) is 9.15. The molecule has 0 spiro atoms. The van der Waals surface area contributed by atoms with Crippen LogP contribution in [0.1, 0.15) is 11.3 Å². The van der Waals surface area contributed by atoms with Crippen molar-refractivity contribution < 1.29 is 18.3 Å². The van der Waals surface area contributed by atoms with Crippen molar-refractivity contribution in [2.45, 2.75) is 12.8 Å². The average molecular weight is 254 g/mol. The molecule has 18 heavy (non-hydrogen) atoms. The van der Waals surface area contributed by atoms with Crippen LogP contribution in [0.3, 0.4) is 0 Å². The summed E-state index contributed by atoms with van der Waals surface area (Å²) in [6.45, 7) is -0.117. The van der Waals surface area contributed by atoms with Gasteiger partial charge >= 0.3 is 6.18 Å². The van der Waals surface area contributed by atoms with Crippen molar-refractivity contribution in [2.24, 2.45) is 0 Å². The summed E-state index contributed by atoms with van der Waals surface area (Å²) in [6.07, 6.45) is -2.55. The predicted octanol–water partition coefficient (Wildman–Crippen LogP) is 2.65. The highest BCUT2D eigenvalue weighted by atomic mass is 19.4. The van der Waals surface area contributed by atoms with Crippen molar-refractivity contribution >= 4 is 0 Å². The maximum Gasteiger partial charge on any atom is 0.434 e. The molecule has 2 aromatic rings. The van der Waals surface area contributed by atoms with Crippen LogP contribution in [-0.4, -0.2) is 15.1 Å². The molecule has 6 heteroatoms. The lowest BCUT2D eigenvalue weighted by molar-refractivity contribution is -0.141. The quantitative estimate of drug-likeness (QED) is 0.896. The second-order valence-corrected chi connectivity index (χ2v) is 3.64. The highest BCUT2D eigenvalue weighted by Crippen LogP contribution is 2.28. The van der Waals surface area contributed by atoms with E-state index in [1.54, 1.807) is 24.3 Å². The SMILES string of the molecule is OCc1ccc(-c2cncc(C(F)(F)F)n2)cc1. The van der Waals surface area contributed by atoms with Gasteiger partial charge in [0.25, 0.3) is 0 Å². The molecule has 0 saturated heterocycles. The van der Waals surface area contributed by atoms with Crippen LogP contribution in [0.25, 0.3) is 11.3 Å². The molecule has 0 atom stereocenters. The largest absolute Gasteiger partial charge is 0.434 e. The maximum absolute atomic E-state index is 12.5. The van der Waals surface area contributed by atoms with Gasteiger partial charge in [0.2, 0.25) is 0 Å². The number of hydrogen-bond acceptors (Lipinski definition) is 3. The van der Waals surface area contributed by atoms with E-state index in [-0.39, 0.29) is 12.3 Å². The van der Waals surface area contributed by atoms with Crippen LogP contribution in [-0.2, 0) is 12.8 Å². The van der Waals surface area contributed by atoms with Gasteiger partial charge in [-0.25, -0.2) is 4.98 Å². The van der Waals surface area contributed by atoms with Gasteiger partial charge in [0, 0.05) is 5.56 Å². The third kappa shape index (κ3) is 2.65. The molecule has 0 radical (unpaired) electrons. The van der Waals surface area contributed by atoms with Crippen LogP contribution in [0.4, 0.5) is 13.2 Å². The molecular formula is C12H9F3N2O. The van der Waals surface area contributed by atoms with E-state index in [0.717, 1.165) is 0 Å². The van der Waals surface area contributed by atoms with Gasteiger partial charge in [0.15, 0.2) is 5.69 Å². The lowest BCUT2D eigenvalue weighted by Crippen LogP contribution is -2.08. The Morgan fingerprint density at radius 1 is 1.06 bits per heavy atom. The number of alkyl halides is 3. The Morgan fingerprint density at radius 2 is 1.72 bits per heavy atom. The van der Waals surface area contributed by atoms with Crippen LogP contribution in [0.15, 0.2) is 36.7 Å². The predicted molar refractivity (Wildman–Crippen MR) is 58.4 cm³/mol. The Kier molecular flexibility index (Phi) is 3.29. The molecule has 94 valence electrons. The molecule has 0 fully saturated rings. The smallest absolute Gasteiger partial charge is 0.392 e. The molecule has 0 aliphatic heterocycles. The zero-order valence-corrected chi connectivity index (χ0v) is 9.15. The van der Waals surface area contributed by atoms with Crippen molar-refractivity contribution in [1.82, 2.24) is 9.97 Å². The van der Waals surface area contributed by atoms with Crippen LogP contribution in [0, 0.1) is 0 Å². The van der Waals surface area contributed by atoms with Gasteiger partial charge in [-0.3, -0.25) is 4.98 Å². The fourth-order valence-corrected chi connectivity index (χ4v) is 1.42. The summed E-state index contributed by atoms with van der Waals surface area (Å²) in [7, 11) is 0. The standard InChI is InChI=1S/C12H9F3N2O/c13-12(14,15)11-6-16-5-10(17-11)9-3-1-8(7-18)2-4-9/h1-6,18H,7H2. The van der Waals surface area contributed by atoms with E-state index in [1.165, 1.54) is 6.20 Å². The minimum atomic E-state index is -4.51. The molecule has 1 heterocycles. The van der Waals surface area contributed by atoms with Gasteiger partial charge in [0.05, 0.1) is 24.7 Å². The summed E-state index contributed by atoms with van der Waals surface area (Å²) < 4.78 is 37.4. The highest BCUT2D eigenvalue weighted by Gasteiger charge is 2.33. The molecule has 1 aromatic heterocycles. The van der Waals surface area contributed by atoms with E-state index in [2.05, 4.69) is 9.97 Å². The summed E-state index contributed by atoms with van der Waals surface area (Å²) in [6, 6.07) is 6.43. The van der Waals surface area contributed by atoms with Gasteiger partial charge in [0.1, 0.15) is 0 Å². The van der Waals surface area contributed by atoms with Crippen LogP contribution < -0.4 is 0 Å². The van der Waals surface area contributed by atoms with Crippen LogP contribution in [0.5, 0.6) is 0 Å². The summed E-state index contributed by atoms with van der Waals surface area (Å²) in [5.41, 5.74) is 0.324. The first kappa shape index (κ1) is 12.5. The van der Waals surface area contributed by atoms with Gasteiger partial charge in [-0.1, -0.05) is 24.3 Å². The molecule has 2 rings (SSSR count). The Morgan fingerprint density at radius 3 is 2.28 bits per heavy atom. The van der Waals surface area contributed by atoms with E-state index in [1.807, 2.05) is 0 Å². The van der Waals surface area contributed by atoms with E-state index >= 15 is 0 Å². The minimum Gasteiger partial charge on any atom is -0.392 e. The zero-order chi connectivity index (χ0) is 13.2. The number of benzene rings is 1. The Balaban J connectivity index is 2.38. The summed E-state index contributed by atoms with van der Waals surface area (Å²) in [5.74, 6) is 0. The monoisotopic (exact) mass is 254 g/mol. The molecule has 0 unspecified atom stereocenters. The van der Waals surface area contributed by atoms with Gasteiger partial charge in [-0.05, 0) is 5.56 Å². The molecule has 1 N–H and O–H groups in total. The molecule has 1 aromatic carbocycles. The number of aliphatic hydroxyl groups excluding tert-OH is 1. The first-order valence-electron chi connectivity index (χ1n) is 5.10. The Bertz CT molecular complexity index is 538. The van der Waals surface area contributed by atoms with Gasteiger partial charge in [-0.2, -0.15) is 13.2 Å². The van der Waals surface area contributed by atoms with Crippen molar-refractivity contribution in [1.29, 1.82) is 0 Å². The number of hydrogen-bond donors (Lipinski definition) is 1. The minimum absolute atomic E-state index is 0.117. The van der Waals surface area contributed by atoms with E-state index < -0.39 is 11.9 Å². The average Bonchev–Trinajstić information content (AvgIpc) is 2.38. The van der Waals surface area contributed by atoms with Crippen molar-refractivity contribution in [3.63, 3.8) is 0 Å². The second kappa shape index (κ2) is 4.73. The summed E-state index contributed by atoms with van der Waals surface area (Å²) in [5, 5.41) is 8.87. The summed E-state index contributed by atoms with van der Waals surface area (Å²) in [4.78, 5) is 7.06. The molecule has 0 amide bonds. The lowest BCUT2D eigenvalue weighted by Gasteiger charge is -2.07. The number of nitrogens with zero attached hydrogens (tertiary/aromatic N) is 2. The molecule has 0 bridgehead atoms. The molecule has 0 aliphatic rings. The fourth-order valence-electron chi connectivity index (χ4n) is 1.42. The topological polar surface area (TPSA) is 46.0 Å². The van der Waals surface area contributed by atoms with Gasteiger partial charge < -0.3 is 5.11 Å². The number of halogens is 3. The fraction of sp³-hybridized carbons (Fsp3) is 0.167. The first-order chi connectivity index (χ1) is 8.50. The lowest BCUT2D eigenvalue weighted by atomic mass is 10.1. The van der Waals surface area contributed by atoms with Crippen LogP contribution in [0.2, 0.25) is 0 Å². The van der Waals surface area contributed by atoms with Crippen molar-refractivity contribution in [3.05, 3.63) is 47.9 Å². The number of aromatic nitrogens is 2. The normalized spacial score (nSPS) is 11.6. The van der Waals surface area contributed by atoms with Crippen molar-refractivity contribution in [2.75, 3.05) is 0 Å². The number of aliphatic hydroxyl groups is 1. The van der Waals surface area contributed by atoms with Gasteiger partial charge in [-0.15, -0.1) is 0 Å². The Hall–Kier alpha value is -1.95. The highest BCUT2D eigenvalue weighted by molar-refractivity contribution is 5.58. The molecule has 3 nitrogen and oxygen atoms in total. The molecule has 0 saturated carbocycles. The maximum atomic E-state index is 12.5. The second-order valence-electron chi connectivity index (χ2n) is 3.64. The van der Waals surface area contributed by atoms with E-state index in [4.69, 9.17) is 5.11 Å². The van der Waals surface area contributed by atoms with E-state index in [9.17, 15) is 13.2 Å².